The minimum Gasteiger partial charge on any atom is -0.289 e. The largest absolute Gasteiger partial charge is 0.289 e. The van der Waals surface area contributed by atoms with E-state index in [1.165, 1.54) is 0 Å². The highest BCUT2D eigenvalue weighted by Gasteiger charge is 2.34. The number of nitrogens with zero attached hydrogens (tertiary/aromatic N) is 4. The van der Waals surface area contributed by atoms with E-state index >= 15 is 0 Å². The van der Waals surface area contributed by atoms with Crippen molar-refractivity contribution >= 4 is 46.1 Å². The summed E-state index contributed by atoms with van der Waals surface area (Å²) in [6, 6.07) is 10.9. The number of carbonyl (C=O) groups is 2. The van der Waals surface area contributed by atoms with Gasteiger partial charge in [-0.2, -0.15) is 15.3 Å². The molecule has 2 aliphatic carbocycles. The number of hydrogen-bond acceptors (Lipinski definition) is 6. The molecule has 6 nitrogen and oxygen atoms in total. The number of azo groups is 2. The van der Waals surface area contributed by atoms with E-state index in [0.29, 0.717) is 32.6 Å². The van der Waals surface area contributed by atoms with Crippen LogP contribution in [0.2, 0.25) is 10.0 Å². The molecule has 0 N–H and O–H groups in total. The molecule has 0 fully saturated rings. The molecule has 2 aromatic rings. The van der Waals surface area contributed by atoms with E-state index in [-0.39, 0.29) is 22.4 Å². The Labute approximate surface area is 269 Å². The highest BCUT2D eigenvalue weighted by molar-refractivity contribution is 6.37. The molecular formula is C36H36Cl2N4O2. The third-order valence-corrected chi connectivity index (χ3v) is 7.79. The summed E-state index contributed by atoms with van der Waals surface area (Å²) >= 11 is 13.2. The van der Waals surface area contributed by atoms with Crippen LogP contribution in [0.15, 0.2) is 127 Å². The zero-order chi connectivity index (χ0) is 32.4. The first kappa shape index (κ1) is 32.9. The average Bonchev–Trinajstić information content (AvgIpc) is 2.93. The van der Waals surface area contributed by atoms with Crippen molar-refractivity contribution in [2.45, 2.75) is 55.4 Å². The van der Waals surface area contributed by atoms with Crippen molar-refractivity contribution in [1.29, 1.82) is 0 Å². The molecule has 8 heteroatoms. The molecule has 2 aromatic carbocycles. The number of rotatable bonds is 5. The summed E-state index contributed by atoms with van der Waals surface area (Å²) in [5.74, 6) is 0.107. The molecule has 0 bridgehead atoms. The van der Waals surface area contributed by atoms with Crippen LogP contribution in [0.25, 0.3) is 11.1 Å². The fourth-order valence-electron chi connectivity index (χ4n) is 4.76. The lowest BCUT2D eigenvalue weighted by molar-refractivity contribution is -0.114. The first-order valence-electron chi connectivity index (χ1n) is 14.3. The van der Waals surface area contributed by atoms with E-state index < -0.39 is 0 Å². The summed E-state index contributed by atoms with van der Waals surface area (Å²) in [4.78, 5) is 25.1. The van der Waals surface area contributed by atoms with Gasteiger partial charge in [0.05, 0.1) is 28.1 Å². The normalized spacial score (nSPS) is 16.3. The van der Waals surface area contributed by atoms with Gasteiger partial charge in [-0.3, -0.25) is 9.59 Å². The number of ketones is 2. The fourth-order valence-corrected chi connectivity index (χ4v) is 5.23. The highest BCUT2D eigenvalue weighted by atomic mass is 35.5. The first-order chi connectivity index (χ1) is 20.5. The number of benzene rings is 2. The predicted octanol–water partition coefficient (Wildman–Crippen LogP) is 11.6. The SMILES string of the molecule is CC1=CC(=CN=Nc2ccc(-c3cc(Cl)c(N=NC=C4C=C(C(C)(C)C)C(=O)C(C(C)(C)C)=C4)cc3Cl)cc2)C=C(C)C1=O. The van der Waals surface area contributed by atoms with Gasteiger partial charge in [0.2, 0.25) is 0 Å². The molecular weight excluding hydrogens is 591 g/mol. The summed E-state index contributed by atoms with van der Waals surface area (Å²) < 4.78 is 0. The van der Waals surface area contributed by atoms with Gasteiger partial charge in [-0.15, -0.1) is 5.11 Å². The number of hydrogen-bond donors (Lipinski definition) is 0. The Morgan fingerprint density at radius 2 is 1.14 bits per heavy atom. The summed E-state index contributed by atoms with van der Waals surface area (Å²) in [7, 11) is 0. The van der Waals surface area contributed by atoms with E-state index in [4.69, 9.17) is 23.2 Å². The van der Waals surface area contributed by atoms with E-state index in [9.17, 15) is 9.59 Å². The van der Waals surface area contributed by atoms with Gasteiger partial charge in [-0.05, 0) is 101 Å². The standard InChI is InChI=1S/C36H36Cl2N4O2/c1-21-13-23(14-22(2)33(21)43)19-39-41-26-11-9-25(10-12-26)27-17-31(38)32(18-30(27)37)42-40-20-24-15-28(35(3,4)5)34(44)29(16-24)36(6,7)8/h9-20H,1-8H3. The van der Waals surface area contributed by atoms with Crippen molar-refractivity contribution in [3.8, 4) is 11.1 Å². The molecule has 0 aromatic heterocycles. The lowest BCUT2D eigenvalue weighted by atomic mass is 9.72. The number of Topliss-reactive ketones (excluding diaryl/α,β-unsaturated/α-hetero) is 2. The monoisotopic (exact) mass is 626 g/mol. The van der Waals surface area contributed by atoms with Crippen molar-refractivity contribution in [3.63, 3.8) is 0 Å². The van der Waals surface area contributed by atoms with E-state index in [1.807, 2.05) is 78.0 Å². The van der Waals surface area contributed by atoms with Crippen molar-refractivity contribution in [1.82, 2.24) is 0 Å². The van der Waals surface area contributed by atoms with Gasteiger partial charge in [0, 0.05) is 16.7 Å². The quantitative estimate of drug-likeness (QED) is 0.309. The van der Waals surface area contributed by atoms with Crippen molar-refractivity contribution in [2.75, 3.05) is 0 Å². The molecule has 0 saturated heterocycles. The first-order valence-corrected chi connectivity index (χ1v) is 15.0. The van der Waals surface area contributed by atoms with Crippen LogP contribution in [0.5, 0.6) is 0 Å². The second kappa shape index (κ2) is 12.9. The van der Waals surface area contributed by atoms with Crippen LogP contribution in [0.1, 0.15) is 55.4 Å². The highest BCUT2D eigenvalue weighted by Crippen LogP contribution is 2.40. The van der Waals surface area contributed by atoms with E-state index in [1.54, 1.807) is 50.5 Å². The molecule has 4 rings (SSSR count). The van der Waals surface area contributed by atoms with Gasteiger partial charge >= 0.3 is 0 Å². The molecule has 226 valence electrons. The average molecular weight is 628 g/mol. The van der Waals surface area contributed by atoms with Crippen molar-refractivity contribution < 1.29 is 9.59 Å². The third kappa shape index (κ3) is 7.74. The topological polar surface area (TPSA) is 83.6 Å². The second-order valence-electron chi connectivity index (χ2n) is 12.9. The van der Waals surface area contributed by atoms with Gasteiger partial charge in [0.25, 0.3) is 0 Å². The maximum Gasteiger partial charge on any atom is 0.186 e. The molecule has 2 aliphatic rings. The number of carbonyl (C=O) groups excluding carboxylic acids is 2. The molecule has 0 amide bonds. The Morgan fingerprint density at radius 1 is 0.636 bits per heavy atom. The zero-order valence-electron chi connectivity index (χ0n) is 26.3. The Morgan fingerprint density at radius 3 is 1.66 bits per heavy atom. The van der Waals surface area contributed by atoms with Crippen LogP contribution in [0, 0.1) is 10.8 Å². The lowest BCUT2D eigenvalue weighted by Crippen LogP contribution is -2.27. The minimum absolute atomic E-state index is 0.0410. The number of halogens is 2. The van der Waals surface area contributed by atoms with Crippen molar-refractivity contribution in [3.05, 3.63) is 117 Å². The Kier molecular flexibility index (Phi) is 9.67. The summed E-state index contributed by atoms with van der Waals surface area (Å²) in [5, 5.41) is 17.9. The second-order valence-corrected chi connectivity index (χ2v) is 13.8. The zero-order valence-corrected chi connectivity index (χ0v) is 27.8. The molecule has 0 radical (unpaired) electrons. The summed E-state index contributed by atoms with van der Waals surface area (Å²) in [6.45, 7) is 15.7. The predicted molar refractivity (Wildman–Crippen MR) is 180 cm³/mol. The summed E-state index contributed by atoms with van der Waals surface area (Å²) in [5.41, 5.74) is 6.52. The Hall–Kier alpha value is -4.00. The van der Waals surface area contributed by atoms with E-state index in [2.05, 4.69) is 20.5 Å². The van der Waals surface area contributed by atoms with Crippen molar-refractivity contribution in [2.24, 2.45) is 31.3 Å². The van der Waals surface area contributed by atoms with Crippen LogP contribution >= 0.6 is 23.2 Å². The van der Waals surface area contributed by atoms with Gasteiger partial charge in [-0.25, -0.2) is 0 Å². The molecule has 44 heavy (non-hydrogen) atoms. The summed E-state index contributed by atoms with van der Waals surface area (Å²) in [6.07, 6.45) is 10.6. The van der Waals surface area contributed by atoms with Gasteiger partial charge < -0.3 is 0 Å². The van der Waals surface area contributed by atoms with Crippen LogP contribution in [-0.2, 0) is 9.59 Å². The molecule has 0 unspecified atom stereocenters. The number of allylic oxidation sites excluding steroid dienone is 10. The molecule has 0 spiro atoms. The van der Waals surface area contributed by atoms with Crippen LogP contribution in [-0.4, -0.2) is 11.6 Å². The van der Waals surface area contributed by atoms with Gasteiger partial charge in [0.15, 0.2) is 11.6 Å². The maximum absolute atomic E-state index is 13.2. The smallest absolute Gasteiger partial charge is 0.186 e. The molecule has 0 heterocycles. The fraction of sp³-hybridized carbons (Fsp3) is 0.278. The van der Waals surface area contributed by atoms with Gasteiger partial charge in [0.1, 0.15) is 5.69 Å². The molecule has 0 saturated carbocycles. The van der Waals surface area contributed by atoms with Crippen LogP contribution in [0.3, 0.4) is 0 Å². The van der Waals surface area contributed by atoms with E-state index in [0.717, 1.165) is 33.4 Å². The minimum atomic E-state index is -0.311. The third-order valence-electron chi connectivity index (χ3n) is 7.18. The Balaban J connectivity index is 1.53. The Bertz CT molecular complexity index is 1710. The maximum atomic E-state index is 13.2. The van der Waals surface area contributed by atoms with Crippen LogP contribution < -0.4 is 0 Å². The van der Waals surface area contributed by atoms with Crippen LogP contribution in [0.4, 0.5) is 11.4 Å². The molecule has 0 aliphatic heterocycles. The molecule has 0 atom stereocenters. The lowest BCUT2D eigenvalue weighted by Gasteiger charge is -2.31. The van der Waals surface area contributed by atoms with Gasteiger partial charge in [-0.1, -0.05) is 76.9 Å².